The number of amides is 1. The van der Waals surface area contributed by atoms with E-state index in [1.165, 1.54) is 23.0 Å². The Kier molecular flexibility index (Phi) is 5.75. The Balaban J connectivity index is 1.61. The maximum atomic E-state index is 12.5. The lowest BCUT2D eigenvalue weighted by Crippen LogP contribution is -2.34. The Morgan fingerprint density at radius 1 is 1.19 bits per heavy atom. The topological polar surface area (TPSA) is 73.2 Å². The second kappa shape index (κ2) is 8.21. The van der Waals surface area contributed by atoms with E-state index in [9.17, 15) is 9.59 Å². The Bertz CT molecular complexity index is 990. The molecule has 1 amide bonds. The van der Waals surface area contributed by atoms with Gasteiger partial charge < -0.3 is 10.1 Å². The maximum Gasteiger partial charge on any atom is 0.261 e. The van der Waals surface area contributed by atoms with E-state index in [1.54, 1.807) is 0 Å². The first-order chi connectivity index (χ1) is 12.5. The van der Waals surface area contributed by atoms with Crippen LogP contribution in [-0.4, -0.2) is 28.6 Å². The zero-order valence-corrected chi connectivity index (χ0v) is 15.1. The molecule has 3 aromatic rings. The van der Waals surface area contributed by atoms with Gasteiger partial charge in [-0.05, 0) is 24.3 Å². The smallest absolute Gasteiger partial charge is 0.261 e. The molecule has 0 spiro atoms. The molecule has 1 N–H and O–H groups in total. The Hall–Kier alpha value is -2.57. The van der Waals surface area contributed by atoms with Crippen LogP contribution in [-0.2, 0) is 11.3 Å². The molecule has 0 aliphatic heterocycles. The number of benzene rings is 2. The summed E-state index contributed by atoms with van der Waals surface area (Å²) in [6.07, 6.45) is 1.30. The van der Waals surface area contributed by atoms with Gasteiger partial charge in [-0.2, -0.15) is 0 Å². The van der Waals surface area contributed by atoms with Crippen LogP contribution in [0.25, 0.3) is 10.9 Å². The number of carbonyl (C=O) groups is 1. The summed E-state index contributed by atoms with van der Waals surface area (Å²) in [6, 6.07) is 12.3. The van der Waals surface area contributed by atoms with Gasteiger partial charge in [-0.15, -0.1) is 0 Å². The van der Waals surface area contributed by atoms with Gasteiger partial charge in [-0.3, -0.25) is 14.2 Å². The number of fused-ring (bicyclic) bond motifs is 1. The number of hydrogen-bond acceptors (Lipinski definition) is 4. The summed E-state index contributed by atoms with van der Waals surface area (Å²) >= 11 is 12.0. The van der Waals surface area contributed by atoms with Gasteiger partial charge in [0, 0.05) is 5.02 Å². The summed E-state index contributed by atoms with van der Waals surface area (Å²) in [5, 5.41) is 3.59. The zero-order valence-electron chi connectivity index (χ0n) is 13.6. The second-order valence-corrected chi connectivity index (χ2v) is 6.32. The molecule has 0 bridgehead atoms. The van der Waals surface area contributed by atoms with Crippen molar-refractivity contribution in [3.8, 4) is 5.75 Å². The van der Waals surface area contributed by atoms with Gasteiger partial charge in [-0.25, -0.2) is 4.98 Å². The van der Waals surface area contributed by atoms with Gasteiger partial charge in [0.2, 0.25) is 5.91 Å². The highest BCUT2D eigenvalue weighted by atomic mass is 35.5. The molecule has 0 aliphatic carbocycles. The predicted molar refractivity (Wildman–Crippen MR) is 101 cm³/mol. The number of halogens is 2. The number of carbonyl (C=O) groups excluding carboxylic acids is 1. The fraction of sp³-hybridized carbons (Fsp3) is 0.167. The van der Waals surface area contributed by atoms with Crippen molar-refractivity contribution in [2.24, 2.45) is 0 Å². The van der Waals surface area contributed by atoms with E-state index in [0.29, 0.717) is 28.7 Å². The standard InChI is InChI=1S/C18H15Cl2N3O3/c19-12-8-14-17(15(20)9-12)22-11-23(18(14)25)10-16(24)21-6-7-26-13-4-2-1-3-5-13/h1-5,8-9,11H,6-7,10H2,(H,21,24). The summed E-state index contributed by atoms with van der Waals surface area (Å²) in [4.78, 5) is 28.7. The molecule has 1 aromatic heterocycles. The molecule has 1 heterocycles. The van der Waals surface area contributed by atoms with Crippen molar-refractivity contribution in [3.63, 3.8) is 0 Å². The van der Waals surface area contributed by atoms with E-state index in [2.05, 4.69) is 10.3 Å². The molecule has 0 saturated carbocycles. The first-order valence-corrected chi connectivity index (χ1v) is 8.59. The van der Waals surface area contributed by atoms with Crippen LogP contribution in [0.3, 0.4) is 0 Å². The van der Waals surface area contributed by atoms with Crippen LogP contribution in [0, 0.1) is 0 Å². The van der Waals surface area contributed by atoms with Crippen LogP contribution in [0.15, 0.2) is 53.6 Å². The molecule has 0 atom stereocenters. The fourth-order valence-corrected chi connectivity index (χ4v) is 2.94. The third-order valence-electron chi connectivity index (χ3n) is 3.60. The van der Waals surface area contributed by atoms with E-state index in [-0.39, 0.29) is 23.4 Å². The van der Waals surface area contributed by atoms with Crippen LogP contribution in [0.2, 0.25) is 10.0 Å². The molecule has 0 aliphatic rings. The highest BCUT2D eigenvalue weighted by molar-refractivity contribution is 6.38. The summed E-state index contributed by atoms with van der Waals surface area (Å²) in [5.74, 6) is 0.406. The molecule has 26 heavy (non-hydrogen) atoms. The fourth-order valence-electron chi connectivity index (χ4n) is 2.39. The minimum atomic E-state index is -0.380. The first-order valence-electron chi connectivity index (χ1n) is 7.83. The van der Waals surface area contributed by atoms with Gasteiger partial charge in [0.15, 0.2) is 0 Å². The van der Waals surface area contributed by atoms with Crippen molar-refractivity contribution in [2.75, 3.05) is 13.2 Å². The second-order valence-electron chi connectivity index (χ2n) is 5.47. The monoisotopic (exact) mass is 391 g/mol. The number of rotatable bonds is 6. The molecule has 134 valence electrons. The lowest BCUT2D eigenvalue weighted by atomic mass is 10.2. The van der Waals surface area contributed by atoms with E-state index in [4.69, 9.17) is 27.9 Å². The first kappa shape index (κ1) is 18.2. The largest absolute Gasteiger partial charge is 0.492 e. The van der Waals surface area contributed by atoms with Crippen molar-refractivity contribution in [3.05, 3.63) is 69.2 Å². The lowest BCUT2D eigenvalue weighted by molar-refractivity contribution is -0.121. The van der Waals surface area contributed by atoms with Crippen molar-refractivity contribution in [1.82, 2.24) is 14.9 Å². The Morgan fingerprint density at radius 2 is 1.96 bits per heavy atom. The highest BCUT2D eigenvalue weighted by Crippen LogP contribution is 2.23. The minimum absolute atomic E-state index is 0.156. The van der Waals surface area contributed by atoms with E-state index < -0.39 is 0 Å². The van der Waals surface area contributed by atoms with Crippen LogP contribution in [0.1, 0.15) is 0 Å². The van der Waals surface area contributed by atoms with Gasteiger partial charge in [0.05, 0.1) is 28.8 Å². The third-order valence-corrected chi connectivity index (χ3v) is 4.10. The zero-order chi connectivity index (χ0) is 18.5. The number of hydrogen-bond donors (Lipinski definition) is 1. The molecule has 8 heteroatoms. The minimum Gasteiger partial charge on any atom is -0.492 e. The van der Waals surface area contributed by atoms with Gasteiger partial charge >= 0.3 is 0 Å². The van der Waals surface area contributed by atoms with Gasteiger partial charge in [0.1, 0.15) is 18.9 Å². The van der Waals surface area contributed by atoms with Crippen molar-refractivity contribution in [1.29, 1.82) is 0 Å². The SMILES string of the molecule is O=C(Cn1cnc2c(Cl)cc(Cl)cc2c1=O)NCCOc1ccccc1. The molecular formula is C18H15Cl2N3O3. The summed E-state index contributed by atoms with van der Waals surface area (Å²) in [5.41, 5.74) is -0.0240. The number of aromatic nitrogens is 2. The van der Waals surface area contributed by atoms with Crippen LogP contribution in [0.4, 0.5) is 0 Å². The van der Waals surface area contributed by atoms with E-state index in [0.717, 1.165) is 5.75 Å². The van der Waals surface area contributed by atoms with Crippen molar-refractivity contribution >= 4 is 40.0 Å². The average molecular weight is 392 g/mol. The normalized spacial score (nSPS) is 10.7. The van der Waals surface area contributed by atoms with Gasteiger partial charge in [-0.1, -0.05) is 41.4 Å². The lowest BCUT2D eigenvalue weighted by Gasteiger charge is -2.09. The van der Waals surface area contributed by atoms with E-state index in [1.807, 2.05) is 30.3 Å². The molecule has 6 nitrogen and oxygen atoms in total. The number of nitrogens with zero attached hydrogens (tertiary/aromatic N) is 2. The molecule has 0 fully saturated rings. The van der Waals surface area contributed by atoms with Crippen molar-refractivity contribution in [2.45, 2.75) is 6.54 Å². The summed E-state index contributed by atoms with van der Waals surface area (Å²) in [6.45, 7) is 0.490. The Labute approximate surface area is 159 Å². The van der Waals surface area contributed by atoms with E-state index >= 15 is 0 Å². The number of para-hydroxylation sites is 1. The maximum absolute atomic E-state index is 12.5. The molecule has 2 aromatic carbocycles. The third kappa shape index (κ3) is 4.33. The molecular weight excluding hydrogens is 377 g/mol. The molecule has 3 rings (SSSR count). The number of ether oxygens (including phenoxy) is 1. The van der Waals surface area contributed by atoms with Crippen LogP contribution < -0.4 is 15.6 Å². The highest BCUT2D eigenvalue weighted by Gasteiger charge is 2.11. The number of nitrogens with one attached hydrogen (secondary N) is 1. The van der Waals surface area contributed by atoms with Crippen LogP contribution in [0.5, 0.6) is 5.75 Å². The average Bonchev–Trinajstić information content (AvgIpc) is 2.62. The van der Waals surface area contributed by atoms with Gasteiger partial charge in [0.25, 0.3) is 5.56 Å². The Morgan fingerprint density at radius 3 is 2.73 bits per heavy atom. The summed E-state index contributed by atoms with van der Waals surface area (Å²) in [7, 11) is 0. The quantitative estimate of drug-likeness (QED) is 0.655. The summed E-state index contributed by atoms with van der Waals surface area (Å²) < 4.78 is 6.70. The molecule has 0 saturated heterocycles. The predicted octanol–water partition coefficient (Wildman–Crippen LogP) is 2.90. The van der Waals surface area contributed by atoms with Crippen LogP contribution >= 0.6 is 23.2 Å². The van der Waals surface area contributed by atoms with Crippen molar-refractivity contribution < 1.29 is 9.53 Å². The molecule has 0 radical (unpaired) electrons. The molecule has 0 unspecified atom stereocenters.